The molecule has 0 bridgehead atoms. The zero-order valence-electron chi connectivity index (χ0n) is 7.76. The van der Waals surface area contributed by atoms with Crippen molar-refractivity contribution < 1.29 is 42.5 Å². The van der Waals surface area contributed by atoms with Crippen molar-refractivity contribution in [1.82, 2.24) is 0 Å². The van der Waals surface area contributed by atoms with E-state index in [2.05, 4.69) is 0 Å². The standard InChI is InChI=1S/C8H4N2O3S.Na/c9-4-6-1-2-8(14(11,12)13)3-7(6)5-10;/h1-3H,(H,11,12,13);/q;+1/p-1. The van der Waals surface area contributed by atoms with E-state index < -0.39 is 15.0 Å². The fraction of sp³-hybridized carbons (Fsp3) is 0. The molecule has 0 saturated heterocycles. The van der Waals surface area contributed by atoms with Crippen molar-refractivity contribution in [3.05, 3.63) is 29.3 Å². The molecule has 0 radical (unpaired) electrons. The zero-order chi connectivity index (χ0) is 10.8. The van der Waals surface area contributed by atoms with E-state index in [1.54, 1.807) is 12.1 Å². The smallest absolute Gasteiger partial charge is 0.744 e. The third-order valence-electron chi connectivity index (χ3n) is 1.52. The van der Waals surface area contributed by atoms with Gasteiger partial charge >= 0.3 is 29.6 Å². The van der Waals surface area contributed by atoms with Crippen LogP contribution in [0.15, 0.2) is 23.1 Å². The summed E-state index contributed by atoms with van der Waals surface area (Å²) < 4.78 is 31.7. The molecule has 0 aliphatic rings. The quantitative estimate of drug-likeness (QED) is 0.386. The number of hydrogen-bond donors (Lipinski definition) is 0. The number of rotatable bonds is 1. The van der Waals surface area contributed by atoms with Crippen LogP contribution in [-0.4, -0.2) is 13.0 Å². The van der Waals surface area contributed by atoms with Gasteiger partial charge in [0.1, 0.15) is 22.3 Å². The van der Waals surface area contributed by atoms with E-state index in [4.69, 9.17) is 10.5 Å². The second-order valence-electron chi connectivity index (χ2n) is 2.39. The van der Waals surface area contributed by atoms with Gasteiger partial charge < -0.3 is 4.55 Å². The molecule has 1 aromatic rings. The Morgan fingerprint density at radius 2 is 1.67 bits per heavy atom. The van der Waals surface area contributed by atoms with E-state index in [1.165, 1.54) is 0 Å². The molecule has 0 atom stereocenters. The van der Waals surface area contributed by atoms with Crippen molar-refractivity contribution >= 4 is 10.1 Å². The maximum Gasteiger partial charge on any atom is 1.00 e. The first kappa shape index (κ1) is 14.1. The van der Waals surface area contributed by atoms with Crippen LogP contribution in [0.2, 0.25) is 0 Å². The summed E-state index contributed by atoms with van der Waals surface area (Å²) >= 11 is 0. The Balaban J connectivity index is 0.00000196. The Morgan fingerprint density at radius 1 is 1.13 bits per heavy atom. The molecule has 70 valence electrons. The molecule has 0 aliphatic heterocycles. The summed E-state index contributed by atoms with van der Waals surface area (Å²) in [7, 11) is -4.57. The van der Waals surface area contributed by atoms with Crippen LogP contribution in [-0.2, 0) is 10.1 Å². The number of benzene rings is 1. The molecule has 15 heavy (non-hydrogen) atoms. The summed E-state index contributed by atoms with van der Waals surface area (Å²) in [6.45, 7) is 0. The summed E-state index contributed by atoms with van der Waals surface area (Å²) in [5, 5.41) is 17.1. The van der Waals surface area contributed by atoms with Gasteiger partial charge in [-0.05, 0) is 18.2 Å². The molecule has 0 spiro atoms. The summed E-state index contributed by atoms with van der Waals surface area (Å²) in [6.07, 6.45) is 0. The minimum atomic E-state index is -4.57. The van der Waals surface area contributed by atoms with Gasteiger partial charge in [0.15, 0.2) is 0 Å². The van der Waals surface area contributed by atoms with Crippen LogP contribution < -0.4 is 29.6 Å². The van der Waals surface area contributed by atoms with Crippen LogP contribution in [0.25, 0.3) is 0 Å². The summed E-state index contributed by atoms with van der Waals surface area (Å²) in [5.41, 5.74) is -0.0793. The van der Waals surface area contributed by atoms with Gasteiger partial charge in [-0.3, -0.25) is 0 Å². The second kappa shape index (κ2) is 5.26. The monoisotopic (exact) mass is 230 g/mol. The normalized spacial score (nSPS) is 9.53. The first-order valence-corrected chi connectivity index (χ1v) is 4.80. The van der Waals surface area contributed by atoms with Crippen molar-refractivity contribution in [2.75, 3.05) is 0 Å². The topological polar surface area (TPSA) is 105 Å². The van der Waals surface area contributed by atoms with Crippen LogP contribution in [0.3, 0.4) is 0 Å². The SMILES string of the molecule is N#Cc1ccc(S(=O)(=O)[O-])cc1C#N.[Na+]. The van der Waals surface area contributed by atoms with E-state index in [0.29, 0.717) is 0 Å². The van der Waals surface area contributed by atoms with Crippen molar-refractivity contribution in [2.24, 2.45) is 0 Å². The van der Waals surface area contributed by atoms with Gasteiger partial charge in [-0.1, -0.05) is 0 Å². The largest absolute Gasteiger partial charge is 1.00 e. The van der Waals surface area contributed by atoms with Gasteiger partial charge in [0.2, 0.25) is 0 Å². The molecule has 0 fully saturated rings. The summed E-state index contributed by atoms with van der Waals surface area (Å²) in [4.78, 5) is -0.506. The Bertz CT molecular complexity index is 554. The van der Waals surface area contributed by atoms with Crippen LogP contribution in [0, 0.1) is 22.7 Å². The van der Waals surface area contributed by atoms with Gasteiger partial charge in [-0.15, -0.1) is 0 Å². The van der Waals surface area contributed by atoms with Crippen molar-refractivity contribution in [2.45, 2.75) is 4.90 Å². The molecule has 0 heterocycles. The van der Waals surface area contributed by atoms with E-state index in [1.807, 2.05) is 0 Å². The van der Waals surface area contributed by atoms with Crippen LogP contribution in [0.5, 0.6) is 0 Å². The molecular weight excluding hydrogens is 227 g/mol. The first-order chi connectivity index (χ1) is 6.49. The zero-order valence-corrected chi connectivity index (χ0v) is 10.6. The number of nitriles is 2. The molecule has 1 rings (SSSR count). The Hall–Kier alpha value is -0.890. The average Bonchev–Trinajstić information content (AvgIpc) is 2.15. The third kappa shape index (κ3) is 3.31. The minimum absolute atomic E-state index is 0. The van der Waals surface area contributed by atoms with E-state index in [9.17, 15) is 13.0 Å². The summed E-state index contributed by atoms with van der Waals surface area (Å²) in [6, 6.07) is 6.36. The van der Waals surface area contributed by atoms with Gasteiger partial charge in [-0.25, -0.2) is 8.42 Å². The number of hydrogen-bond acceptors (Lipinski definition) is 5. The maximum absolute atomic E-state index is 10.6. The van der Waals surface area contributed by atoms with E-state index in [-0.39, 0.29) is 40.7 Å². The fourth-order valence-electron chi connectivity index (χ4n) is 0.869. The van der Waals surface area contributed by atoms with E-state index >= 15 is 0 Å². The minimum Gasteiger partial charge on any atom is -0.744 e. The second-order valence-corrected chi connectivity index (χ2v) is 3.76. The van der Waals surface area contributed by atoms with Crippen molar-refractivity contribution in [3.8, 4) is 12.1 Å². The maximum atomic E-state index is 10.6. The molecule has 0 unspecified atom stereocenters. The Morgan fingerprint density at radius 3 is 2.07 bits per heavy atom. The van der Waals surface area contributed by atoms with Crippen LogP contribution in [0.4, 0.5) is 0 Å². The molecule has 0 aromatic heterocycles. The average molecular weight is 230 g/mol. The van der Waals surface area contributed by atoms with Gasteiger partial charge in [-0.2, -0.15) is 10.5 Å². The summed E-state index contributed by atoms with van der Waals surface area (Å²) in [5.74, 6) is 0. The van der Waals surface area contributed by atoms with Crippen molar-refractivity contribution in [3.63, 3.8) is 0 Å². The molecule has 1 aromatic carbocycles. The first-order valence-electron chi connectivity index (χ1n) is 3.39. The molecule has 0 N–H and O–H groups in total. The van der Waals surface area contributed by atoms with Crippen LogP contribution in [0.1, 0.15) is 11.1 Å². The third-order valence-corrected chi connectivity index (χ3v) is 2.35. The van der Waals surface area contributed by atoms with Gasteiger partial charge in [0.25, 0.3) is 0 Å². The molecule has 7 heteroatoms. The molecule has 0 saturated carbocycles. The predicted molar refractivity (Wildman–Crippen MR) is 43.8 cm³/mol. The Labute approximate surface area is 109 Å². The molecular formula is C8H3N2NaO3S. The van der Waals surface area contributed by atoms with Crippen LogP contribution >= 0.6 is 0 Å². The van der Waals surface area contributed by atoms with E-state index in [0.717, 1.165) is 18.2 Å². The molecule has 0 aliphatic carbocycles. The molecule has 5 nitrogen and oxygen atoms in total. The fourth-order valence-corrected chi connectivity index (χ4v) is 1.37. The Kier molecular flexibility index (Phi) is 4.95. The van der Waals surface area contributed by atoms with Gasteiger partial charge in [0, 0.05) is 0 Å². The predicted octanol–water partition coefficient (Wildman–Crippen LogP) is -2.66. The van der Waals surface area contributed by atoms with Gasteiger partial charge in [0.05, 0.1) is 16.0 Å². The van der Waals surface area contributed by atoms with Crippen molar-refractivity contribution in [1.29, 1.82) is 10.5 Å². The number of nitrogens with zero attached hydrogens (tertiary/aromatic N) is 2. The molecule has 0 amide bonds.